The first-order chi connectivity index (χ1) is 28.4. The number of benzene rings is 5. The number of halogens is 2. The fourth-order valence-corrected chi connectivity index (χ4v) is 9.34. The minimum absolute atomic E-state index is 0.0399. The van der Waals surface area contributed by atoms with Crippen LogP contribution in [0.3, 0.4) is 0 Å². The van der Waals surface area contributed by atoms with Gasteiger partial charge in [-0.3, -0.25) is 13.9 Å². The van der Waals surface area contributed by atoms with Crippen molar-refractivity contribution < 1.29 is 68.4 Å². The molecule has 322 valence electrons. The van der Waals surface area contributed by atoms with Crippen molar-refractivity contribution in [1.29, 1.82) is 0 Å². The van der Waals surface area contributed by atoms with Gasteiger partial charge in [-0.2, -0.15) is 16.8 Å². The van der Waals surface area contributed by atoms with E-state index in [0.717, 1.165) is 24.3 Å². The van der Waals surface area contributed by atoms with Crippen LogP contribution in [0.2, 0.25) is 0 Å². The van der Waals surface area contributed by atoms with Gasteiger partial charge in [0.2, 0.25) is 5.91 Å². The molecule has 0 bridgehead atoms. The van der Waals surface area contributed by atoms with Gasteiger partial charge in [-0.25, -0.2) is 13.7 Å². The molecule has 19 nitrogen and oxygen atoms in total. The highest BCUT2D eigenvalue weighted by molar-refractivity contribution is 9.12. The van der Waals surface area contributed by atoms with Crippen molar-refractivity contribution in [2.45, 2.75) is 37.8 Å². The number of carbonyl (C=O) groups excluding carboxylic acids is 1. The number of nitrogens with one attached hydrogen (secondary N) is 2. The number of hydrogen-bond donors (Lipinski definition) is 6. The standard InChI is InChI=1S/C35H34Br2N4O15S4/c1-2-53-11-4-12-58(45,46)25-8-9-26-20(14-25)7-10-28(34(26)60(50,51)52)40-41-32-30(59(47,48)49)15-21-13-24(57-56-55-44)17-29(31(21)33(32)42)38-19-54-23-6-3-5-22(16-23)39-35(43)27(37)18-36/h3,5-10,13-17,27,38,42,44H,2,4,11-12,18-19H2,1H3,(H,39,43)(H,47,48,49)(H,50,51,52). The Labute approximate surface area is 364 Å². The van der Waals surface area contributed by atoms with Gasteiger partial charge in [-0.15, -0.1) is 14.6 Å². The van der Waals surface area contributed by atoms with Crippen molar-refractivity contribution >= 4 is 124 Å². The SMILES string of the molecule is CCOCCCS(=O)(=O)c1ccc2c(S(=O)(=O)O)c(N=Nc3c(S(=O)(=O)O)cc4cc(SOOO)cc(NCOc5cccc(NC(=O)C(Br)CBr)c5)c4c3O)ccc2c1. The highest BCUT2D eigenvalue weighted by Gasteiger charge is 2.26. The topological polar surface area (TPSA) is 286 Å². The molecule has 5 aromatic rings. The molecule has 0 aliphatic rings. The number of rotatable bonds is 20. The smallest absolute Gasteiger partial charge is 0.297 e. The Bertz CT molecular complexity index is 2780. The Morgan fingerprint density at radius 3 is 2.38 bits per heavy atom. The number of aromatic hydroxyl groups is 1. The second kappa shape index (κ2) is 20.3. The van der Waals surface area contributed by atoms with Crippen LogP contribution in [-0.2, 0) is 49.0 Å². The first-order valence-electron chi connectivity index (χ1n) is 17.1. The van der Waals surface area contributed by atoms with Crippen LogP contribution in [-0.4, -0.2) is 86.5 Å². The molecule has 25 heteroatoms. The van der Waals surface area contributed by atoms with Gasteiger partial charge in [0.05, 0.1) is 22.7 Å². The van der Waals surface area contributed by atoms with E-state index in [4.69, 9.17) is 14.7 Å². The number of alkyl halides is 2. The van der Waals surface area contributed by atoms with E-state index in [1.54, 1.807) is 31.2 Å². The van der Waals surface area contributed by atoms with E-state index in [0.29, 0.717) is 35.4 Å². The second-order valence-corrected chi connectivity index (χ2v) is 19.7. The van der Waals surface area contributed by atoms with Crippen LogP contribution in [0.1, 0.15) is 13.3 Å². The summed E-state index contributed by atoms with van der Waals surface area (Å²) < 4.78 is 113. The summed E-state index contributed by atoms with van der Waals surface area (Å²) in [5.41, 5.74) is -0.931. The number of phenolic OH excluding ortho intramolecular Hbond substituents is 1. The number of amides is 1. The van der Waals surface area contributed by atoms with Crippen LogP contribution >= 0.6 is 43.9 Å². The van der Waals surface area contributed by atoms with Gasteiger partial charge in [0, 0.05) is 51.7 Å². The molecule has 0 aromatic heterocycles. The van der Waals surface area contributed by atoms with E-state index >= 15 is 0 Å². The molecule has 5 aromatic carbocycles. The van der Waals surface area contributed by atoms with Crippen molar-refractivity contribution in [2.75, 3.05) is 41.7 Å². The Kier molecular flexibility index (Phi) is 15.9. The molecule has 0 aliphatic carbocycles. The molecule has 1 unspecified atom stereocenters. The third-order valence-electron chi connectivity index (χ3n) is 8.29. The summed E-state index contributed by atoms with van der Waals surface area (Å²) >= 11 is 6.94. The quantitative estimate of drug-likeness (QED) is 0.00634. The minimum atomic E-state index is -5.20. The van der Waals surface area contributed by atoms with Gasteiger partial charge in [-0.05, 0) is 72.6 Å². The molecule has 1 amide bonds. The van der Waals surface area contributed by atoms with Crippen molar-refractivity contribution in [1.82, 2.24) is 0 Å². The molecule has 0 spiro atoms. The molecule has 0 heterocycles. The summed E-state index contributed by atoms with van der Waals surface area (Å²) in [6.45, 7) is 2.09. The van der Waals surface area contributed by atoms with Crippen LogP contribution in [0.15, 0.2) is 103 Å². The molecule has 5 rings (SSSR count). The summed E-state index contributed by atoms with van der Waals surface area (Å²) in [6.07, 6.45) is 0.211. The average molecular weight is 1040 g/mol. The van der Waals surface area contributed by atoms with Crippen LogP contribution in [0.25, 0.3) is 21.5 Å². The summed E-state index contributed by atoms with van der Waals surface area (Å²) in [7, 11) is -14.1. The average Bonchev–Trinajstić information content (AvgIpc) is 3.19. The number of nitrogens with zero attached hydrogens (tertiary/aromatic N) is 2. The molecule has 0 aliphatic heterocycles. The number of anilines is 2. The van der Waals surface area contributed by atoms with E-state index in [-0.39, 0.29) is 68.4 Å². The highest BCUT2D eigenvalue weighted by Crippen LogP contribution is 2.46. The number of phenols is 1. The molecule has 1 atom stereocenters. The maximum atomic E-state index is 13.0. The van der Waals surface area contributed by atoms with E-state index in [1.165, 1.54) is 24.3 Å². The Balaban J connectivity index is 1.56. The van der Waals surface area contributed by atoms with Gasteiger partial charge in [-0.1, -0.05) is 55.1 Å². The third kappa shape index (κ3) is 11.7. The number of azo groups is 1. The maximum Gasteiger partial charge on any atom is 0.297 e. The van der Waals surface area contributed by atoms with Crippen molar-refractivity contribution in [3.63, 3.8) is 0 Å². The van der Waals surface area contributed by atoms with E-state index in [2.05, 4.69) is 62.1 Å². The molecular formula is C35H34Br2N4O15S4. The van der Waals surface area contributed by atoms with E-state index in [1.807, 2.05) is 0 Å². The molecule has 60 heavy (non-hydrogen) atoms. The van der Waals surface area contributed by atoms with Crippen molar-refractivity contribution in [3.8, 4) is 11.5 Å². The predicted molar refractivity (Wildman–Crippen MR) is 228 cm³/mol. The zero-order valence-corrected chi connectivity index (χ0v) is 37.2. The fourth-order valence-electron chi connectivity index (χ4n) is 5.67. The fraction of sp³-hybridized carbons (Fsp3) is 0.229. The van der Waals surface area contributed by atoms with Crippen LogP contribution in [0, 0.1) is 0 Å². The molecule has 6 N–H and O–H groups in total. The number of carbonyl (C=O) groups is 1. The summed E-state index contributed by atoms with van der Waals surface area (Å²) in [4.78, 5) is 10.1. The lowest BCUT2D eigenvalue weighted by molar-refractivity contribution is -0.432. The van der Waals surface area contributed by atoms with Gasteiger partial charge < -0.3 is 25.2 Å². The van der Waals surface area contributed by atoms with E-state index < -0.39 is 61.8 Å². The largest absolute Gasteiger partial charge is 0.505 e. The zero-order valence-electron chi connectivity index (χ0n) is 30.8. The first kappa shape index (κ1) is 47.1. The number of sulfone groups is 1. The lowest BCUT2D eigenvalue weighted by Gasteiger charge is -2.16. The van der Waals surface area contributed by atoms with Crippen LogP contribution in [0.5, 0.6) is 11.5 Å². The third-order valence-corrected chi connectivity index (χ3v) is 14.7. The van der Waals surface area contributed by atoms with Gasteiger partial charge in [0.15, 0.2) is 22.3 Å². The number of hydrogen-bond acceptors (Lipinski definition) is 17. The molecule has 0 saturated heterocycles. The van der Waals surface area contributed by atoms with Gasteiger partial charge in [0.25, 0.3) is 20.2 Å². The Hall–Kier alpha value is -3.99. The lowest BCUT2D eigenvalue weighted by Crippen LogP contribution is -2.23. The zero-order chi connectivity index (χ0) is 43.8. The molecule has 0 radical (unpaired) electrons. The molecule has 0 fully saturated rings. The summed E-state index contributed by atoms with van der Waals surface area (Å²) in [6, 6.07) is 15.9. The normalized spacial score (nSPS) is 12.9. The molecule has 0 saturated carbocycles. The molecular weight excluding hydrogens is 1000 g/mol. The number of ether oxygens (including phenoxy) is 2. The second-order valence-electron chi connectivity index (χ2n) is 12.3. The Morgan fingerprint density at radius 2 is 1.70 bits per heavy atom. The van der Waals surface area contributed by atoms with Crippen LogP contribution in [0.4, 0.5) is 22.7 Å². The summed E-state index contributed by atoms with van der Waals surface area (Å²) in [5.74, 6) is -1.14. The minimum Gasteiger partial charge on any atom is -0.505 e. The summed E-state index contributed by atoms with van der Waals surface area (Å²) in [5, 5.41) is 37.5. The predicted octanol–water partition coefficient (Wildman–Crippen LogP) is 7.78. The number of fused-ring (bicyclic) bond motifs is 2. The van der Waals surface area contributed by atoms with Crippen molar-refractivity contribution in [3.05, 3.63) is 72.8 Å². The maximum absolute atomic E-state index is 13.0. The van der Waals surface area contributed by atoms with E-state index in [9.17, 15) is 44.3 Å². The van der Waals surface area contributed by atoms with Crippen LogP contribution < -0.4 is 15.4 Å². The lowest BCUT2D eigenvalue weighted by atomic mass is 10.1. The first-order valence-corrected chi connectivity index (χ1v) is 24.4. The van der Waals surface area contributed by atoms with Crippen molar-refractivity contribution in [2.24, 2.45) is 10.2 Å². The monoisotopic (exact) mass is 1040 g/mol. The van der Waals surface area contributed by atoms with Gasteiger partial charge in [0.1, 0.15) is 31.7 Å². The Morgan fingerprint density at radius 1 is 0.933 bits per heavy atom. The highest BCUT2D eigenvalue weighted by atomic mass is 79.9. The van der Waals surface area contributed by atoms with Gasteiger partial charge >= 0.3 is 0 Å².